The molecule has 0 bridgehead atoms. The van der Waals surface area contributed by atoms with Crippen LogP contribution in [0.3, 0.4) is 0 Å². The van der Waals surface area contributed by atoms with E-state index in [1.165, 1.54) is 23.1 Å². The van der Waals surface area contributed by atoms with Crippen molar-refractivity contribution < 1.29 is 28.7 Å². The Morgan fingerprint density at radius 1 is 0.812 bits per heavy atom. The van der Waals surface area contributed by atoms with Gasteiger partial charge in [-0.2, -0.15) is 0 Å². The molecule has 6 atom stereocenters. The molecule has 1 saturated carbocycles. The van der Waals surface area contributed by atoms with Gasteiger partial charge < -0.3 is 5.11 Å². The van der Waals surface area contributed by atoms with Gasteiger partial charge in [0.1, 0.15) is 0 Å². The number of allylic oxidation sites excluding steroid dienone is 4. The van der Waals surface area contributed by atoms with Crippen LogP contribution in [0.1, 0.15) is 35.4 Å². The fourth-order valence-corrected chi connectivity index (χ4v) is 9.06. The molecule has 3 aliphatic carbocycles. The average molecular weight is 703 g/mol. The van der Waals surface area contributed by atoms with Gasteiger partial charge in [-0.1, -0.05) is 94.3 Å². The molecule has 48 heavy (non-hydrogen) atoms. The lowest BCUT2D eigenvalue weighted by Crippen LogP contribution is -2.58. The van der Waals surface area contributed by atoms with E-state index in [1.54, 1.807) is 42.5 Å². The monoisotopic (exact) mass is 701 g/mol. The number of hydrogen-bond donors (Lipinski definition) is 1. The zero-order valence-corrected chi connectivity index (χ0v) is 27.1. The van der Waals surface area contributed by atoms with Gasteiger partial charge in [0.25, 0.3) is 0 Å². The number of imide groups is 1. The van der Waals surface area contributed by atoms with Crippen molar-refractivity contribution in [2.24, 2.45) is 23.7 Å². The summed E-state index contributed by atoms with van der Waals surface area (Å²) in [4.78, 5) is 59.4. The van der Waals surface area contributed by atoms with E-state index in [9.17, 15) is 24.3 Å². The Balaban J connectivity index is 1.36. The van der Waals surface area contributed by atoms with Crippen LogP contribution in [-0.2, 0) is 24.6 Å². The van der Waals surface area contributed by atoms with E-state index >= 15 is 4.39 Å². The number of benzene rings is 4. The minimum Gasteiger partial charge on any atom is -0.505 e. The molecule has 1 aliphatic heterocycles. The van der Waals surface area contributed by atoms with E-state index in [4.69, 9.17) is 0 Å². The van der Waals surface area contributed by atoms with Gasteiger partial charge in [-0.15, -0.1) is 0 Å². The second-order valence-corrected chi connectivity index (χ2v) is 13.9. The molecule has 8 heteroatoms. The van der Waals surface area contributed by atoms with Gasteiger partial charge in [0, 0.05) is 21.9 Å². The molecular weight excluding hydrogens is 673 g/mol. The first-order valence-electron chi connectivity index (χ1n) is 15.9. The second kappa shape index (κ2) is 11.3. The van der Waals surface area contributed by atoms with Crippen molar-refractivity contribution in [3.05, 3.63) is 148 Å². The molecule has 0 unspecified atom stereocenters. The van der Waals surface area contributed by atoms with E-state index in [0.29, 0.717) is 22.4 Å². The number of ketones is 2. The predicted molar refractivity (Wildman–Crippen MR) is 181 cm³/mol. The number of Topliss-reactive ketones (excluding diaryl/α,β-unsaturated/α-hetero) is 1. The molecule has 1 saturated heterocycles. The molecule has 0 aromatic heterocycles. The van der Waals surface area contributed by atoms with Gasteiger partial charge in [0.15, 0.2) is 23.1 Å². The largest absolute Gasteiger partial charge is 0.505 e. The summed E-state index contributed by atoms with van der Waals surface area (Å²) in [5.74, 6) is -6.34. The zero-order valence-electron chi connectivity index (χ0n) is 25.6. The summed E-state index contributed by atoms with van der Waals surface area (Å²) < 4.78 is 16.0. The topological polar surface area (TPSA) is 91.8 Å². The maximum absolute atomic E-state index is 15.2. The lowest BCUT2D eigenvalue weighted by atomic mass is 9.44. The standard InChI is InChI=1S/C40H29BrFNO5/c41-25-12-14-26(15-13-25)43-38(47)28-17-16-27-30(35(28)39(43)48)20-31-37(46)29(22-7-3-1-4-8-22)21-34(45)40(31,24-9-5-2-6-10-24)36(27)23-11-18-33(44)32(42)19-23/h1-16,18-19,21,28,30-31,35-36,44H,17,20H2/t28-,30+,31-,35-,36-,40-/m0/s1. The second-order valence-electron chi connectivity index (χ2n) is 13.0. The summed E-state index contributed by atoms with van der Waals surface area (Å²) in [6, 6.07) is 29.2. The third-order valence-corrected chi connectivity index (χ3v) is 11.3. The molecule has 1 heterocycles. The summed E-state index contributed by atoms with van der Waals surface area (Å²) in [7, 11) is 0. The van der Waals surface area contributed by atoms with Crippen LogP contribution in [0.25, 0.3) is 5.57 Å². The van der Waals surface area contributed by atoms with Gasteiger partial charge in [0.05, 0.1) is 22.9 Å². The number of carbonyl (C=O) groups excluding carboxylic acids is 4. The fraction of sp³-hybridized carbons (Fsp3) is 0.200. The van der Waals surface area contributed by atoms with Crippen molar-refractivity contribution in [2.75, 3.05) is 4.90 Å². The quantitative estimate of drug-likeness (QED) is 0.178. The van der Waals surface area contributed by atoms with Crippen molar-refractivity contribution in [3.8, 4) is 5.75 Å². The number of hydrogen-bond acceptors (Lipinski definition) is 5. The van der Waals surface area contributed by atoms with E-state index in [-0.39, 0.29) is 41.8 Å². The minimum absolute atomic E-state index is 0.154. The number of anilines is 1. The Morgan fingerprint density at radius 3 is 2.19 bits per heavy atom. The van der Waals surface area contributed by atoms with Crippen LogP contribution in [-0.4, -0.2) is 28.5 Å². The van der Waals surface area contributed by atoms with Gasteiger partial charge in [-0.25, -0.2) is 4.39 Å². The first-order valence-corrected chi connectivity index (χ1v) is 16.7. The number of phenolic OH excluding ortho intramolecular Hbond substituents is 1. The van der Waals surface area contributed by atoms with Crippen LogP contribution in [0.2, 0.25) is 0 Å². The van der Waals surface area contributed by atoms with Crippen molar-refractivity contribution in [3.63, 3.8) is 0 Å². The minimum atomic E-state index is -1.47. The fourth-order valence-electron chi connectivity index (χ4n) is 8.80. The van der Waals surface area contributed by atoms with E-state index in [2.05, 4.69) is 15.9 Å². The van der Waals surface area contributed by atoms with Crippen molar-refractivity contribution in [1.29, 1.82) is 0 Å². The van der Waals surface area contributed by atoms with Gasteiger partial charge in [-0.3, -0.25) is 24.1 Å². The number of halogens is 2. The van der Waals surface area contributed by atoms with Crippen molar-refractivity contribution >= 4 is 50.6 Å². The van der Waals surface area contributed by atoms with Gasteiger partial charge >= 0.3 is 0 Å². The van der Waals surface area contributed by atoms with Gasteiger partial charge in [0.2, 0.25) is 11.8 Å². The van der Waals surface area contributed by atoms with Crippen molar-refractivity contribution in [2.45, 2.75) is 24.2 Å². The summed E-state index contributed by atoms with van der Waals surface area (Å²) in [5, 5.41) is 10.2. The normalized spacial score (nSPS) is 28.0. The van der Waals surface area contributed by atoms with Crippen molar-refractivity contribution in [1.82, 2.24) is 0 Å². The van der Waals surface area contributed by atoms with E-state index in [1.807, 2.05) is 54.6 Å². The number of carbonyl (C=O) groups is 4. The number of amides is 2. The molecule has 4 aliphatic rings. The molecule has 6 nitrogen and oxygen atoms in total. The SMILES string of the molecule is O=C1C(c2ccccc2)=CC(=O)[C@@]2(c3ccccc3)[C@@H](c3ccc(O)c(F)c3)C3=CC[C@@H]4C(=O)N(c5ccc(Br)cc5)C(=O)[C@@H]4[C@@H]3C[C@@H]12. The third kappa shape index (κ3) is 4.35. The number of rotatable bonds is 4. The zero-order chi connectivity index (χ0) is 33.3. The maximum Gasteiger partial charge on any atom is 0.238 e. The average Bonchev–Trinajstić information content (AvgIpc) is 3.36. The van der Waals surface area contributed by atoms with E-state index < -0.39 is 46.6 Å². The molecule has 0 spiro atoms. The molecule has 2 amide bonds. The molecule has 4 aromatic carbocycles. The first kappa shape index (κ1) is 30.4. The Kier molecular flexibility index (Phi) is 7.18. The van der Waals surface area contributed by atoms with Crippen LogP contribution in [0, 0.1) is 29.5 Å². The lowest BCUT2D eigenvalue weighted by Gasteiger charge is -2.55. The molecule has 4 aromatic rings. The maximum atomic E-state index is 15.2. The summed E-state index contributed by atoms with van der Waals surface area (Å²) >= 11 is 3.41. The van der Waals surface area contributed by atoms with Crippen LogP contribution < -0.4 is 4.90 Å². The Hall–Kier alpha value is -4.95. The van der Waals surface area contributed by atoms with Crippen LogP contribution in [0.5, 0.6) is 5.75 Å². The Labute approximate surface area is 284 Å². The highest BCUT2D eigenvalue weighted by atomic mass is 79.9. The smallest absolute Gasteiger partial charge is 0.238 e. The molecule has 2 fully saturated rings. The summed E-state index contributed by atoms with van der Waals surface area (Å²) in [6.45, 7) is 0. The highest BCUT2D eigenvalue weighted by Gasteiger charge is 2.66. The highest BCUT2D eigenvalue weighted by molar-refractivity contribution is 9.10. The first-order chi connectivity index (χ1) is 23.2. The van der Waals surface area contributed by atoms with Gasteiger partial charge in [-0.05, 0) is 77.9 Å². The molecule has 238 valence electrons. The molecular formula is C40H29BrFNO5. The predicted octanol–water partition coefficient (Wildman–Crippen LogP) is 7.32. The lowest BCUT2D eigenvalue weighted by molar-refractivity contribution is -0.135. The Morgan fingerprint density at radius 2 is 1.50 bits per heavy atom. The summed E-state index contributed by atoms with van der Waals surface area (Å²) in [6.07, 6.45) is 3.78. The number of fused-ring (bicyclic) bond motifs is 4. The Bertz CT molecular complexity index is 2080. The van der Waals surface area contributed by atoms with Crippen LogP contribution in [0.15, 0.2) is 125 Å². The highest BCUT2D eigenvalue weighted by Crippen LogP contribution is 2.63. The molecule has 0 radical (unpaired) electrons. The summed E-state index contributed by atoms with van der Waals surface area (Å²) in [5.41, 5.74) is 1.66. The molecule has 1 N–H and O–H groups in total. The number of nitrogens with zero attached hydrogens (tertiary/aromatic N) is 1. The number of phenols is 1. The molecule has 8 rings (SSSR count). The third-order valence-electron chi connectivity index (χ3n) is 10.8. The van der Waals surface area contributed by atoms with Crippen LogP contribution in [0.4, 0.5) is 10.1 Å². The van der Waals surface area contributed by atoms with Crippen LogP contribution >= 0.6 is 15.9 Å². The number of aromatic hydroxyl groups is 1. The van der Waals surface area contributed by atoms with E-state index in [0.717, 1.165) is 10.0 Å².